The van der Waals surface area contributed by atoms with Crippen molar-refractivity contribution in [2.75, 3.05) is 51.8 Å². The minimum absolute atomic E-state index is 0.278. The molecule has 2 N–H and O–H groups in total. The van der Waals surface area contributed by atoms with Crippen LogP contribution in [0.2, 0.25) is 0 Å². The van der Waals surface area contributed by atoms with Crippen molar-refractivity contribution >= 4 is 11.9 Å². The van der Waals surface area contributed by atoms with E-state index >= 15 is 0 Å². The summed E-state index contributed by atoms with van der Waals surface area (Å²) < 4.78 is 16.4. The lowest BCUT2D eigenvalue weighted by molar-refractivity contribution is -0.152. The van der Waals surface area contributed by atoms with Gasteiger partial charge in [-0.25, -0.2) is 4.79 Å². The van der Waals surface area contributed by atoms with Gasteiger partial charge in [0.05, 0.1) is 5.69 Å². The largest absolute Gasteiger partial charge is 0.465 e. The Hall–Kier alpha value is -2.17. The normalized spacial score (nSPS) is 18.4. The van der Waals surface area contributed by atoms with Gasteiger partial charge in [-0.1, -0.05) is 0 Å². The molecule has 3 heterocycles. The van der Waals surface area contributed by atoms with Crippen LogP contribution >= 0.6 is 0 Å². The van der Waals surface area contributed by atoms with Gasteiger partial charge in [0.2, 0.25) is 0 Å². The first-order chi connectivity index (χ1) is 13.0. The van der Waals surface area contributed by atoms with Crippen molar-refractivity contribution in [2.24, 2.45) is 0 Å². The molecule has 1 saturated heterocycles. The average Bonchev–Trinajstić information content (AvgIpc) is 2.68. The monoisotopic (exact) mass is 381 g/mol. The molecule has 0 aliphatic carbocycles. The number of carbonyl (C=O) groups is 1. The highest BCUT2D eigenvalue weighted by molar-refractivity contribution is 5.65. The van der Waals surface area contributed by atoms with E-state index in [0.717, 1.165) is 30.0 Å². The molecule has 10 nitrogen and oxygen atoms in total. The van der Waals surface area contributed by atoms with Gasteiger partial charge in [0.1, 0.15) is 11.9 Å². The number of hydrogen-bond acceptors (Lipinski definition) is 8. The molecule has 1 amide bonds. The first-order valence-corrected chi connectivity index (χ1v) is 9.09. The Labute approximate surface area is 158 Å². The van der Waals surface area contributed by atoms with Crippen molar-refractivity contribution in [3.63, 3.8) is 0 Å². The lowest BCUT2D eigenvalue weighted by atomic mass is 10.1. The fourth-order valence-electron chi connectivity index (χ4n) is 3.44. The number of nitrogens with zero attached hydrogens (tertiary/aromatic N) is 4. The molecule has 1 aromatic heterocycles. The minimum Gasteiger partial charge on any atom is -0.465 e. The van der Waals surface area contributed by atoms with Gasteiger partial charge >= 0.3 is 12.1 Å². The number of rotatable bonds is 6. The summed E-state index contributed by atoms with van der Waals surface area (Å²) in [5, 5.41) is 12.5. The fraction of sp³-hybridized carbons (Fsp3) is 0.706. The number of amides is 1. The first-order valence-electron chi connectivity index (χ1n) is 9.09. The summed E-state index contributed by atoms with van der Waals surface area (Å²) in [4.78, 5) is 23.9. The van der Waals surface area contributed by atoms with Crippen LogP contribution in [0.15, 0.2) is 0 Å². The highest BCUT2D eigenvalue weighted by Gasteiger charge is 2.27. The number of nitrogens with one attached hydrogen (secondary N) is 1. The Morgan fingerprint density at radius 2 is 1.89 bits per heavy atom. The zero-order valence-corrected chi connectivity index (χ0v) is 16.0. The maximum absolute atomic E-state index is 11.2. The van der Waals surface area contributed by atoms with E-state index in [9.17, 15) is 4.79 Å². The SMILES string of the molecule is COC(OC)[C@@H](C)Oc1nc2c(c(N3CCN(C(=O)O)CC3)n1)CCNC2. The Morgan fingerprint density at radius 3 is 2.52 bits per heavy atom. The molecule has 27 heavy (non-hydrogen) atoms. The Morgan fingerprint density at radius 1 is 1.19 bits per heavy atom. The van der Waals surface area contributed by atoms with Crippen molar-refractivity contribution in [1.29, 1.82) is 0 Å². The van der Waals surface area contributed by atoms with Gasteiger partial charge in [-0.2, -0.15) is 9.97 Å². The summed E-state index contributed by atoms with van der Waals surface area (Å²) in [6.45, 7) is 5.45. The van der Waals surface area contributed by atoms with Crippen LogP contribution < -0.4 is 15.0 Å². The van der Waals surface area contributed by atoms with Gasteiger partial charge in [0.15, 0.2) is 6.29 Å². The number of hydrogen-bond donors (Lipinski definition) is 2. The van der Waals surface area contributed by atoms with Crippen LogP contribution in [0.4, 0.5) is 10.6 Å². The summed E-state index contributed by atoms with van der Waals surface area (Å²) in [5.74, 6) is 0.833. The standard InChI is InChI=1S/C17H27N5O5/c1-11(15(25-2)26-3)27-16-19-13-10-18-5-4-12(13)14(20-16)21-6-8-22(9-7-21)17(23)24/h11,15,18H,4-10H2,1-3H3,(H,23,24)/t11-/m1/s1. The van der Waals surface area contributed by atoms with Gasteiger partial charge in [-0.3, -0.25) is 0 Å². The second kappa shape index (κ2) is 8.68. The van der Waals surface area contributed by atoms with Crippen molar-refractivity contribution in [2.45, 2.75) is 32.3 Å². The van der Waals surface area contributed by atoms with Gasteiger partial charge < -0.3 is 34.4 Å². The molecule has 1 fully saturated rings. The Bertz CT molecular complexity index is 661. The maximum Gasteiger partial charge on any atom is 0.407 e. The molecule has 1 atom stereocenters. The molecule has 1 aromatic rings. The van der Waals surface area contributed by atoms with E-state index in [4.69, 9.17) is 19.3 Å². The van der Waals surface area contributed by atoms with Crippen molar-refractivity contribution in [1.82, 2.24) is 20.2 Å². The lowest BCUT2D eigenvalue weighted by Crippen LogP contribution is -2.49. The lowest BCUT2D eigenvalue weighted by Gasteiger charge is -2.35. The van der Waals surface area contributed by atoms with Crippen molar-refractivity contribution in [3.8, 4) is 6.01 Å². The van der Waals surface area contributed by atoms with Crippen LogP contribution in [0.1, 0.15) is 18.2 Å². The first kappa shape index (κ1) is 19.6. The van der Waals surface area contributed by atoms with Crippen molar-refractivity contribution < 1.29 is 24.1 Å². The van der Waals surface area contributed by atoms with Crippen LogP contribution in [0.5, 0.6) is 6.01 Å². The van der Waals surface area contributed by atoms with Gasteiger partial charge in [-0.15, -0.1) is 0 Å². The molecule has 3 rings (SSSR count). The molecular formula is C17H27N5O5. The second-order valence-electron chi connectivity index (χ2n) is 6.60. The fourth-order valence-corrected chi connectivity index (χ4v) is 3.44. The molecule has 0 aromatic carbocycles. The molecule has 0 unspecified atom stereocenters. The van der Waals surface area contributed by atoms with Crippen LogP contribution in [-0.2, 0) is 22.4 Å². The van der Waals surface area contributed by atoms with E-state index in [1.54, 1.807) is 14.2 Å². The highest BCUT2D eigenvalue weighted by Crippen LogP contribution is 2.27. The number of fused-ring (bicyclic) bond motifs is 1. The summed E-state index contributed by atoms with van der Waals surface area (Å²) in [6, 6.07) is 0.278. The molecular weight excluding hydrogens is 354 g/mol. The Balaban J connectivity index is 1.83. The minimum atomic E-state index is -0.883. The summed E-state index contributed by atoms with van der Waals surface area (Å²) in [7, 11) is 3.11. The van der Waals surface area contributed by atoms with Crippen LogP contribution in [0.3, 0.4) is 0 Å². The summed E-state index contributed by atoms with van der Waals surface area (Å²) in [5.41, 5.74) is 2.02. The van der Waals surface area contributed by atoms with E-state index in [1.807, 2.05) is 6.92 Å². The van der Waals surface area contributed by atoms with Crippen molar-refractivity contribution in [3.05, 3.63) is 11.3 Å². The molecule has 2 aliphatic heterocycles. The maximum atomic E-state index is 11.2. The number of anilines is 1. The van der Waals surface area contributed by atoms with Gasteiger partial charge in [0, 0.05) is 52.5 Å². The third-order valence-electron chi connectivity index (χ3n) is 4.88. The second-order valence-corrected chi connectivity index (χ2v) is 6.60. The molecule has 150 valence electrons. The summed E-state index contributed by atoms with van der Waals surface area (Å²) in [6.07, 6.45) is -0.957. The van der Waals surface area contributed by atoms with Gasteiger partial charge in [0.25, 0.3) is 0 Å². The number of methoxy groups -OCH3 is 2. The van der Waals surface area contributed by atoms with Crippen LogP contribution in [-0.4, -0.2) is 85.4 Å². The van der Waals surface area contributed by atoms with E-state index in [2.05, 4.69) is 20.2 Å². The quantitative estimate of drug-likeness (QED) is 0.673. The van der Waals surface area contributed by atoms with E-state index in [0.29, 0.717) is 32.7 Å². The molecule has 0 bridgehead atoms. The molecule has 0 radical (unpaired) electrons. The molecule has 2 aliphatic rings. The van der Waals surface area contributed by atoms with Crippen LogP contribution in [0, 0.1) is 0 Å². The predicted molar refractivity (Wildman–Crippen MR) is 97.1 cm³/mol. The number of ether oxygens (including phenoxy) is 3. The third-order valence-corrected chi connectivity index (χ3v) is 4.88. The molecule has 10 heteroatoms. The number of piperazine rings is 1. The number of carboxylic acid groups (broad SMARTS) is 1. The zero-order valence-electron chi connectivity index (χ0n) is 16.0. The van der Waals surface area contributed by atoms with E-state index in [1.165, 1.54) is 4.90 Å². The predicted octanol–water partition coefficient (Wildman–Crippen LogP) is 0.309. The van der Waals surface area contributed by atoms with Crippen LogP contribution in [0.25, 0.3) is 0 Å². The topological polar surface area (TPSA) is 109 Å². The highest BCUT2D eigenvalue weighted by atomic mass is 16.7. The molecule has 0 spiro atoms. The molecule has 0 saturated carbocycles. The Kier molecular flexibility index (Phi) is 6.30. The zero-order chi connectivity index (χ0) is 19.4. The van der Waals surface area contributed by atoms with E-state index in [-0.39, 0.29) is 12.1 Å². The third kappa shape index (κ3) is 4.40. The average molecular weight is 381 g/mol. The van der Waals surface area contributed by atoms with Gasteiger partial charge in [-0.05, 0) is 19.9 Å². The van der Waals surface area contributed by atoms with E-state index < -0.39 is 12.4 Å². The number of aromatic nitrogens is 2. The smallest absolute Gasteiger partial charge is 0.407 e. The summed E-state index contributed by atoms with van der Waals surface area (Å²) >= 11 is 0.